The van der Waals surface area contributed by atoms with E-state index in [1.165, 1.54) is 64.2 Å². The first-order valence-corrected chi connectivity index (χ1v) is 11.9. The molecule has 0 aromatic heterocycles. The lowest BCUT2D eigenvalue weighted by atomic mass is 10.0. The molecular formula is C23H46O7. The molecule has 0 aliphatic carbocycles. The number of rotatable bonds is 21. The van der Waals surface area contributed by atoms with E-state index in [9.17, 15) is 20.1 Å². The van der Waals surface area contributed by atoms with E-state index in [2.05, 4.69) is 6.92 Å². The van der Waals surface area contributed by atoms with E-state index < -0.39 is 43.6 Å². The Hall–Kier alpha value is -0.730. The van der Waals surface area contributed by atoms with Gasteiger partial charge >= 0.3 is 5.97 Å². The summed E-state index contributed by atoms with van der Waals surface area (Å²) < 4.78 is 5.03. The summed E-state index contributed by atoms with van der Waals surface area (Å²) in [5.74, 6) is -0.601. The second kappa shape index (κ2) is 20.2. The fourth-order valence-electron chi connectivity index (χ4n) is 3.48. The highest BCUT2D eigenvalue weighted by atomic mass is 16.6. The van der Waals surface area contributed by atoms with Crippen molar-refractivity contribution in [2.45, 2.75) is 128 Å². The number of hydrogen-bond donors (Lipinski definition) is 5. The summed E-state index contributed by atoms with van der Waals surface area (Å²) in [6.45, 7) is 0.766. The molecule has 4 atom stereocenters. The molecule has 0 amide bonds. The normalized spacial score (nSPS) is 15.5. The highest BCUT2D eigenvalue weighted by Crippen LogP contribution is 2.15. The van der Waals surface area contributed by atoms with Crippen LogP contribution in [-0.4, -0.2) is 69.1 Å². The monoisotopic (exact) mass is 434 g/mol. The van der Waals surface area contributed by atoms with Gasteiger partial charge in [0.15, 0.2) is 6.10 Å². The number of carbonyl (C=O) groups excluding carboxylic acids is 1. The summed E-state index contributed by atoms with van der Waals surface area (Å²) in [5, 5.41) is 47.0. The molecule has 30 heavy (non-hydrogen) atoms. The largest absolute Gasteiger partial charge is 0.457 e. The zero-order valence-corrected chi connectivity index (χ0v) is 18.9. The van der Waals surface area contributed by atoms with Crippen molar-refractivity contribution >= 4 is 5.97 Å². The topological polar surface area (TPSA) is 127 Å². The zero-order chi connectivity index (χ0) is 22.6. The van der Waals surface area contributed by atoms with Crippen molar-refractivity contribution in [2.24, 2.45) is 0 Å². The predicted molar refractivity (Wildman–Crippen MR) is 117 cm³/mol. The Morgan fingerprint density at radius 3 is 1.47 bits per heavy atom. The minimum absolute atomic E-state index is 0.147. The molecule has 0 aliphatic rings. The van der Waals surface area contributed by atoms with Gasteiger partial charge in [0, 0.05) is 6.42 Å². The van der Waals surface area contributed by atoms with Gasteiger partial charge in [-0.2, -0.15) is 0 Å². The average Bonchev–Trinajstić information content (AvgIpc) is 2.76. The van der Waals surface area contributed by atoms with Crippen LogP contribution in [0.25, 0.3) is 0 Å². The number of esters is 1. The van der Waals surface area contributed by atoms with Gasteiger partial charge in [0.05, 0.1) is 13.2 Å². The Kier molecular flexibility index (Phi) is 19.7. The summed E-state index contributed by atoms with van der Waals surface area (Å²) in [5.41, 5.74) is 0. The van der Waals surface area contributed by atoms with Gasteiger partial charge in [-0.1, -0.05) is 90.4 Å². The number of aliphatic hydroxyl groups is 5. The third kappa shape index (κ3) is 15.1. The van der Waals surface area contributed by atoms with Crippen molar-refractivity contribution in [3.63, 3.8) is 0 Å². The van der Waals surface area contributed by atoms with Crippen LogP contribution in [0.1, 0.15) is 103 Å². The number of aliphatic hydroxyl groups excluding tert-OH is 5. The summed E-state index contributed by atoms with van der Waals surface area (Å²) in [6, 6.07) is 0. The highest BCUT2D eigenvalue weighted by Gasteiger charge is 2.34. The van der Waals surface area contributed by atoms with Crippen LogP contribution in [0, 0.1) is 0 Å². The van der Waals surface area contributed by atoms with Crippen molar-refractivity contribution in [1.82, 2.24) is 0 Å². The second-order valence-corrected chi connectivity index (χ2v) is 8.29. The van der Waals surface area contributed by atoms with E-state index in [1.54, 1.807) is 0 Å². The molecule has 0 radical (unpaired) electrons. The van der Waals surface area contributed by atoms with Crippen LogP contribution in [0.3, 0.4) is 0 Å². The molecule has 5 N–H and O–H groups in total. The molecule has 0 bridgehead atoms. The van der Waals surface area contributed by atoms with Gasteiger partial charge in [-0.15, -0.1) is 0 Å². The lowest BCUT2D eigenvalue weighted by molar-refractivity contribution is -0.177. The van der Waals surface area contributed by atoms with Crippen LogP contribution < -0.4 is 0 Å². The first-order chi connectivity index (χ1) is 14.5. The van der Waals surface area contributed by atoms with Crippen LogP contribution >= 0.6 is 0 Å². The Labute approximate surface area is 182 Å². The third-order valence-corrected chi connectivity index (χ3v) is 5.49. The highest BCUT2D eigenvalue weighted by molar-refractivity contribution is 5.69. The number of hydrogen-bond acceptors (Lipinski definition) is 7. The molecule has 7 nitrogen and oxygen atoms in total. The van der Waals surface area contributed by atoms with Gasteiger partial charge in [0.25, 0.3) is 0 Å². The summed E-state index contributed by atoms with van der Waals surface area (Å²) in [7, 11) is 0. The van der Waals surface area contributed by atoms with E-state index in [1.807, 2.05) is 0 Å². The molecule has 0 fully saturated rings. The molecule has 0 aliphatic heterocycles. The minimum atomic E-state index is -1.67. The number of unbranched alkanes of at least 4 members (excludes halogenated alkanes) is 13. The molecule has 0 rings (SSSR count). The molecule has 0 spiro atoms. The van der Waals surface area contributed by atoms with E-state index in [0.29, 0.717) is 6.42 Å². The standard InChI is InChI=1S/C23H46O7/c1-2-3-4-5-6-7-8-9-10-11-12-13-14-15-16-21(28)30-23(20(27)18-25)22(29)19(26)17-24/h19-20,22-27,29H,2-18H2,1H3/t19-,20-,22-,23-/m1/s1. The Morgan fingerprint density at radius 2 is 1.07 bits per heavy atom. The van der Waals surface area contributed by atoms with E-state index in [0.717, 1.165) is 19.3 Å². The maximum Gasteiger partial charge on any atom is 0.306 e. The van der Waals surface area contributed by atoms with E-state index in [-0.39, 0.29) is 6.42 Å². The van der Waals surface area contributed by atoms with Gasteiger partial charge in [0.2, 0.25) is 0 Å². The minimum Gasteiger partial charge on any atom is -0.457 e. The molecule has 0 unspecified atom stereocenters. The van der Waals surface area contributed by atoms with Crippen molar-refractivity contribution < 1.29 is 35.1 Å². The third-order valence-electron chi connectivity index (χ3n) is 5.49. The van der Waals surface area contributed by atoms with Crippen LogP contribution in [0.4, 0.5) is 0 Å². The molecule has 7 heteroatoms. The van der Waals surface area contributed by atoms with E-state index in [4.69, 9.17) is 14.9 Å². The first kappa shape index (κ1) is 29.3. The lowest BCUT2D eigenvalue weighted by Crippen LogP contribution is -2.49. The van der Waals surface area contributed by atoms with Crippen molar-refractivity contribution in [3.8, 4) is 0 Å². The second-order valence-electron chi connectivity index (χ2n) is 8.29. The Balaban J connectivity index is 3.72. The van der Waals surface area contributed by atoms with Gasteiger partial charge < -0.3 is 30.3 Å². The van der Waals surface area contributed by atoms with Crippen LogP contribution in [0.2, 0.25) is 0 Å². The molecule has 180 valence electrons. The van der Waals surface area contributed by atoms with Gasteiger partial charge in [-0.25, -0.2) is 0 Å². The van der Waals surface area contributed by atoms with E-state index >= 15 is 0 Å². The zero-order valence-electron chi connectivity index (χ0n) is 18.9. The smallest absolute Gasteiger partial charge is 0.306 e. The predicted octanol–water partition coefficient (Wildman–Crippen LogP) is 2.84. The summed E-state index contributed by atoms with van der Waals surface area (Å²) in [6.07, 6.45) is 10.9. The maximum atomic E-state index is 11.9. The molecule has 0 saturated heterocycles. The Bertz CT molecular complexity index is 392. The van der Waals surface area contributed by atoms with Crippen molar-refractivity contribution in [1.29, 1.82) is 0 Å². The first-order valence-electron chi connectivity index (χ1n) is 11.9. The average molecular weight is 435 g/mol. The van der Waals surface area contributed by atoms with Crippen molar-refractivity contribution in [2.75, 3.05) is 13.2 Å². The van der Waals surface area contributed by atoms with Gasteiger partial charge in [-0.05, 0) is 6.42 Å². The molecule has 0 aromatic carbocycles. The number of carbonyl (C=O) groups is 1. The van der Waals surface area contributed by atoms with Gasteiger partial charge in [-0.3, -0.25) is 4.79 Å². The van der Waals surface area contributed by atoms with Crippen LogP contribution in [0.15, 0.2) is 0 Å². The fourth-order valence-corrected chi connectivity index (χ4v) is 3.48. The summed E-state index contributed by atoms with van der Waals surface area (Å²) in [4.78, 5) is 11.9. The fraction of sp³-hybridized carbons (Fsp3) is 0.957. The van der Waals surface area contributed by atoms with Crippen molar-refractivity contribution in [3.05, 3.63) is 0 Å². The Morgan fingerprint density at radius 1 is 0.667 bits per heavy atom. The molecule has 0 heterocycles. The SMILES string of the molecule is CCCCCCCCCCCCCCCCC(=O)O[C@@H]([C@H](O)[C@H](O)CO)[C@H](O)CO. The lowest BCUT2D eigenvalue weighted by Gasteiger charge is -2.28. The van der Waals surface area contributed by atoms with Crippen LogP contribution in [0.5, 0.6) is 0 Å². The van der Waals surface area contributed by atoms with Crippen LogP contribution in [-0.2, 0) is 9.53 Å². The van der Waals surface area contributed by atoms with Gasteiger partial charge in [0.1, 0.15) is 18.3 Å². The quantitative estimate of drug-likeness (QED) is 0.139. The molecule has 0 saturated carbocycles. The number of ether oxygens (including phenoxy) is 1. The maximum absolute atomic E-state index is 11.9. The molecule has 0 aromatic rings. The molecular weight excluding hydrogens is 388 g/mol. The summed E-state index contributed by atoms with van der Waals surface area (Å²) >= 11 is 0.